The largest absolute Gasteiger partial charge is 0.418 e. The third-order valence-electron chi connectivity index (χ3n) is 3.92. The number of benzene rings is 1. The number of carbonyl (C=O) groups excluding carboxylic acids is 1. The lowest BCUT2D eigenvalue weighted by atomic mass is 9.82. The van der Waals surface area contributed by atoms with Crippen LogP contribution in [0.5, 0.6) is 0 Å². The maximum absolute atomic E-state index is 13.1. The second kappa shape index (κ2) is 5.11. The van der Waals surface area contributed by atoms with Crippen molar-refractivity contribution >= 4 is 12.0 Å². The van der Waals surface area contributed by atoms with Crippen LogP contribution in [0.15, 0.2) is 18.2 Å². The molecule has 1 heterocycles. The van der Waals surface area contributed by atoms with Crippen molar-refractivity contribution in [3.05, 3.63) is 29.3 Å². The molecule has 0 radical (unpaired) electrons. The zero-order valence-corrected chi connectivity index (χ0v) is 11.6. The van der Waals surface area contributed by atoms with Crippen molar-refractivity contribution in [2.24, 2.45) is 5.41 Å². The Hall–Kier alpha value is -1.52. The molecule has 2 rings (SSSR count). The lowest BCUT2D eigenvalue weighted by molar-refractivity contribution is -0.137. The SMILES string of the molecule is CC1(C)CCN(c2ccc(C=O)cc2C(F)(F)F)CC1. The molecule has 5 heteroatoms. The quantitative estimate of drug-likeness (QED) is 0.761. The van der Waals surface area contributed by atoms with E-state index < -0.39 is 11.7 Å². The standard InChI is InChI=1S/C15H18F3NO/c1-14(2)5-7-19(8-6-14)13-4-3-11(10-20)9-12(13)15(16,17)18/h3-4,9-10H,5-8H2,1-2H3. The molecule has 2 nitrogen and oxygen atoms in total. The highest BCUT2D eigenvalue weighted by molar-refractivity contribution is 5.77. The predicted octanol–water partition coefficient (Wildman–Crippen LogP) is 4.14. The van der Waals surface area contributed by atoms with Crippen LogP contribution < -0.4 is 4.90 Å². The molecule has 0 aliphatic carbocycles. The number of hydrogen-bond acceptors (Lipinski definition) is 2. The molecule has 0 unspecified atom stereocenters. The van der Waals surface area contributed by atoms with Crippen LogP contribution in [0.2, 0.25) is 0 Å². The van der Waals surface area contributed by atoms with Crippen LogP contribution in [-0.2, 0) is 6.18 Å². The van der Waals surface area contributed by atoms with E-state index in [-0.39, 0.29) is 16.7 Å². The second-order valence-corrected chi connectivity index (χ2v) is 6.04. The molecule has 0 bridgehead atoms. The molecule has 1 aromatic rings. The maximum Gasteiger partial charge on any atom is 0.418 e. The van der Waals surface area contributed by atoms with E-state index in [1.165, 1.54) is 12.1 Å². The highest BCUT2D eigenvalue weighted by Crippen LogP contribution is 2.40. The van der Waals surface area contributed by atoms with Crippen molar-refractivity contribution in [1.82, 2.24) is 0 Å². The molecule has 0 amide bonds. The molecular formula is C15H18F3NO. The summed E-state index contributed by atoms with van der Waals surface area (Å²) < 4.78 is 39.4. The zero-order valence-electron chi connectivity index (χ0n) is 11.6. The lowest BCUT2D eigenvalue weighted by Crippen LogP contribution is -2.38. The predicted molar refractivity (Wildman–Crippen MR) is 72.1 cm³/mol. The highest BCUT2D eigenvalue weighted by atomic mass is 19.4. The third kappa shape index (κ3) is 3.14. The summed E-state index contributed by atoms with van der Waals surface area (Å²) in [7, 11) is 0. The molecule has 1 aliphatic heterocycles. The van der Waals surface area contributed by atoms with Crippen LogP contribution >= 0.6 is 0 Å². The van der Waals surface area contributed by atoms with E-state index in [1.807, 2.05) is 0 Å². The molecule has 0 atom stereocenters. The van der Waals surface area contributed by atoms with Crippen LogP contribution in [0.1, 0.15) is 42.6 Å². The molecule has 1 aliphatic rings. The minimum absolute atomic E-state index is 0.0541. The van der Waals surface area contributed by atoms with E-state index in [1.54, 1.807) is 4.90 Å². The molecule has 1 aromatic carbocycles. The van der Waals surface area contributed by atoms with Crippen LogP contribution in [0.3, 0.4) is 0 Å². The lowest BCUT2D eigenvalue weighted by Gasteiger charge is -2.39. The third-order valence-corrected chi connectivity index (χ3v) is 3.92. The van der Waals surface area contributed by atoms with Gasteiger partial charge in [-0.25, -0.2) is 0 Å². The van der Waals surface area contributed by atoms with Gasteiger partial charge in [0, 0.05) is 24.3 Å². The van der Waals surface area contributed by atoms with Crippen LogP contribution in [0.25, 0.3) is 0 Å². The molecule has 0 N–H and O–H groups in total. The number of halogens is 3. The van der Waals surface area contributed by atoms with Gasteiger partial charge in [0.25, 0.3) is 0 Å². The summed E-state index contributed by atoms with van der Waals surface area (Å²) in [6.07, 6.45) is -2.28. The van der Waals surface area contributed by atoms with Crippen molar-refractivity contribution in [2.75, 3.05) is 18.0 Å². The smallest absolute Gasteiger partial charge is 0.371 e. The Labute approximate surface area is 116 Å². The molecule has 20 heavy (non-hydrogen) atoms. The van der Waals surface area contributed by atoms with Gasteiger partial charge < -0.3 is 4.90 Å². The number of nitrogens with zero attached hydrogens (tertiary/aromatic N) is 1. The molecule has 1 fully saturated rings. The fraction of sp³-hybridized carbons (Fsp3) is 0.533. The van der Waals surface area contributed by atoms with E-state index in [9.17, 15) is 18.0 Å². The van der Waals surface area contributed by atoms with E-state index in [4.69, 9.17) is 0 Å². The number of piperidine rings is 1. The van der Waals surface area contributed by atoms with Gasteiger partial charge in [-0.05, 0) is 36.5 Å². The second-order valence-electron chi connectivity index (χ2n) is 6.04. The van der Waals surface area contributed by atoms with Gasteiger partial charge in [0.05, 0.1) is 5.56 Å². The number of rotatable bonds is 2. The van der Waals surface area contributed by atoms with Gasteiger partial charge in [0.1, 0.15) is 6.29 Å². The first-order chi connectivity index (χ1) is 9.23. The van der Waals surface area contributed by atoms with Gasteiger partial charge in [-0.2, -0.15) is 13.2 Å². The van der Waals surface area contributed by atoms with E-state index in [0.717, 1.165) is 18.9 Å². The molecule has 0 aromatic heterocycles. The molecule has 0 spiro atoms. The number of anilines is 1. The van der Waals surface area contributed by atoms with E-state index in [2.05, 4.69) is 13.8 Å². The van der Waals surface area contributed by atoms with Crippen molar-refractivity contribution < 1.29 is 18.0 Å². The summed E-state index contributed by atoms with van der Waals surface area (Å²) in [5.41, 5.74) is -0.309. The summed E-state index contributed by atoms with van der Waals surface area (Å²) in [6.45, 7) is 5.47. The molecule has 110 valence electrons. The van der Waals surface area contributed by atoms with Gasteiger partial charge in [-0.1, -0.05) is 13.8 Å². The topological polar surface area (TPSA) is 20.3 Å². The van der Waals surface area contributed by atoms with Gasteiger partial charge in [-0.3, -0.25) is 4.79 Å². The fourth-order valence-corrected chi connectivity index (χ4v) is 2.48. The monoisotopic (exact) mass is 285 g/mol. The minimum Gasteiger partial charge on any atom is -0.371 e. The first-order valence-corrected chi connectivity index (χ1v) is 6.64. The van der Waals surface area contributed by atoms with Crippen molar-refractivity contribution in [3.8, 4) is 0 Å². The van der Waals surface area contributed by atoms with Gasteiger partial charge in [0.2, 0.25) is 0 Å². The molecule has 0 saturated carbocycles. The van der Waals surface area contributed by atoms with Crippen molar-refractivity contribution in [2.45, 2.75) is 32.9 Å². The average Bonchev–Trinajstić information content (AvgIpc) is 2.37. The first kappa shape index (κ1) is 14.9. The van der Waals surface area contributed by atoms with E-state index >= 15 is 0 Å². The van der Waals surface area contributed by atoms with Gasteiger partial charge >= 0.3 is 6.18 Å². The maximum atomic E-state index is 13.1. The normalized spacial score (nSPS) is 18.9. The first-order valence-electron chi connectivity index (χ1n) is 6.64. The highest BCUT2D eigenvalue weighted by Gasteiger charge is 2.36. The van der Waals surface area contributed by atoms with Crippen LogP contribution in [-0.4, -0.2) is 19.4 Å². The van der Waals surface area contributed by atoms with E-state index in [0.29, 0.717) is 19.4 Å². The Kier molecular flexibility index (Phi) is 3.80. The Morgan fingerprint density at radius 3 is 2.30 bits per heavy atom. The Morgan fingerprint density at radius 2 is 1.80 bits per heavy atom. The number of alkyl halides is 3. The molecule has 1 saturated heterocycles. The van der Waals surface area contributed by atoms with Gasteiger partial charge in [-0.15, -0.1) is 0 Å². The summed E-state index contributed by atoms with van der Waals surface area (Å²) in [4.78, 5) is 12.4. The minimum atomic E-state index is -4.44. The number of hydrogen-bond donors (Lipinski definition) is 0. The number of aldehydes is 1. The van der Waals surface area contributed by atoms with Crippen molar-refractivity contribution in [3.63, 3.8) is 0 Å². The Bertz CT molecular complexity index is 498. The Morgan fingerprint density at radius 1 is 1.20 bits per heavy atom. The van der Waals surface area contributed by atoms with Crippen LogP contribution in [0, 0.1) is 5.41 Å². The summed E-state index contributed by atoms with van der Waals surface area (Å²) >= 11 is 0. The van der Waals surface area contributed by atoms with Crippen LogP contribution in [0.4, 0.5) is 18.9 Å². The zero-order chi connectivity index (χ0) is 15.0. The van der Waals surface area contributed by atoms with Crippen molar-refractivity contribution in [1.29, 1.82) is 0 Å². The molecular weight excluding hydrogens is 267 g/mol. The van der Waals surface area contributed by atoms with Gasteiger partial charge in [0.15, 0.2) is 0 Å². The number of carbonyl (C=O) groups is 1. The fourth-order valence-electron chi connectivity index (χ4n) is 2.48. The Balaban J connectivity index is 2.34. The summed E-state index contributed by atoms with van der Waals surface area (Å²) in [5, 5.41) is 0. The summed E-state index contributed by atoms with van der Waals surface area (Å²) in [5.74, 6) is 0. The average molecular weight is 285 g/mol. The summed E-state index contributed by atoms with van der Waals surface area (Å²) in [6, 6.07) is 3.78.